The Morgan fingerprint density at radius 1 is 1.11 bits per heavy atom. The molecular formula is C31H36N2O5. The molecule has 0 aliphatic heterocycles. The SMILES string of the molecule is C/C(=C/C(=O)C1CCCCC1)N[C@@H](Cc1ccc(OCCc2nc(-c3ccccc3)oc2C)cc1)C(=O)O. The number of aromatic nitrogens is 1. The number of hydrogen-bond donors (Lipinski definition) is 2. The van der Waals surface area contributed by atoms with Gasteiger partial charge in [0.05, 0.1) is 12.3 Å². The molecule has 0 radical (unpaired) electrons. The Balaban J connectivity index is 1.28. The number of aryl methyl sites for hydroxylation is 1. The molecule has 0 unspecified atom stereocenters. The number of hydrogen-bond acceptors (Lipinski definition) is 6. The van der Waals surface area contributed by atoms with E-state index in [1.54, 1.807) is 13.0 Å². The van der Waals surface area contributed by atoms with Gasteiger partial charge >= 0.3 is 5.97 Å². The summed E-state index contributed by atoms with van der Waals surface area (Å²) in [4.78, 5) is 29.0. The summed E-state index contributed by atoms with van der Waals surface area (Å²) in [6, 6.07) is 16.4. The van der Waals surface area contributed by atoms with Gasteiger partial charge in [-0.05, 0) is 56.5 Å². The van der Waals surface area contributed by atoms with Crippen molar-refractivity contribution in [3.63, 3.8) is 0 Å². The summed E-state index contributed by atoms with van der Waals surface area (Å²) in [5, 5.41) is 12.7. The minimum Gasteiger partial charge on any atom is -0.493 e. The molecule has 1 aromatic heterocycles. The van der Waals surface area contributed by atoms with Crippen LogP contribution in [0.2, 0.25) is 0 Å². The molecule has 1 aliphatic rings. The Kier molecular flexibility index (Phi) is 9.35. The fourth-order valence-electron chi connectivity index (χ4n) is 4.82. The number of aliphatic carboxylic acids is 1. The second-order valence-electron chi connectivity index (χ2n) is 9.93. The van der Waals surface area contributed by atoms with Gasteiger partial charge in [0.2, 0.25) is 5.89 Å². The highest BCUT2D eigenvalue weighted by molar-refractivity contribution is 5.92. The van der Waals surface area contributed by atoms with Gasteiger partial charge < -0.3 is 19.6 Å². The number of ketones is 1. The van der Waals surface area contributed by atoms with E-state index in [-0.39, 0.29) is 11.7 Å². The lowest BCUT2D eigenvalue weighted by Crippen LogP contribution is -2.37. The maximum Gasteiger partial charge on any atom is 0.326 e. The molecule has 1 atom stereocenters. The van der Waals surface area contributed by atoms with E-state index >= 15 is 0 Å². The fraction of sp³-hybridized carbons (Fsp3) is 0.387. The van der Waals surface area contributed by atoms with Gasteiger partial charge in [0.15, 0.2) is 5.78 Å². The van der Waals surface area contributed by atoms with Crippen LogP contribution in [0.15, 0.2) is 70.8 Å². The molecule has 0 spiro atoms. The molecule has 7 nitrogen and oxygen atoms in total. The summed E-state index contributed by atoms with van der Waals surface area (Å²) in [6.45, 7) is 4.10. The molecule has 200 valence electrons. The van der Waals surface area contributed by atoms with Crippen LogP contribution in [0.3, 0.4) is 0 Å². The first-order valence-corrected chi connectivity index (χ1v) is 13.3. The smallest absolute Gasteiger partial charge is 0.326 e. The van der Waals surface area contributed by atoms with Crippen LogP contribution >= 0.6 is 0 Å². The van der Waals surface area contributed by atoms with Gasteiger partial charge in [-0.25, -0.2) is 9.78 Å². The summed E-state index contributed by atoms with van der Waals surface area (Å²) in [7, 11) is 0. The first kappa shape index (κ1) is 27.2. The van der Waals surface area contributed by atoms with Gasteiger partial charge in [0.1, 0.15) is 17.6 Å². The first-order valence-electron chi connectivity index (χ1n) is 13.3. The second kappa shape index (κ2) is 13.1. The monoisotopic (exact) mass is 516 g/mol. The summed E-state index contributed by atoms with van der Waals surface area (Å²) in [6.07, 6.45) is 7.68. The summed E-state index contributed by atoms with van der Waals surface area (Å²) < 4.78 is 11.7. The number of carbonyl (C=O) groups is 2. The highest BCUT2D eigenvalue weighted by Gasteiger charge is 2.21. The van der Waals surface area contributed by atoms with E-state index in [1.165, 1.54) is 6.42 Å². The maximum absolute atomic E-state index is 12.5. The standard InChI is InChI=1S/C31H36N2O5/c1-21(19-29(34)24-9-5-3-6-10-24)32-28(31(35)36)20-23-13-15-26(16-14-23)37-18-17-27-22(2)38-30(33-27)25-11-7-4-8-12-25/h4,7-8,11-16,19,24,28,32H,3,5-6,9-10,17-18,20H2,1-2H3,(H,35,36)/b21-19-/t28-/m0/s1. The molecule has 4 rings (SSSR count). The van der Waals surface area contributed by atoms with Crippen LogP contribution in [0.1, 0.15) is 56.0 Å². The van der Waals surface area contributed by atoms with E-state index in [9.17, 15) is 14.7 Å². The van der Waals surface area contributed by atoms with Crippen LogP contribution < -0.4 is 10.1 Å². The number of nitrogens with zero attached hydrogens (tertiary/aromatic N) is 1. The van der Waals surface area contributed by atoms with Gasteiger partial charge in [0.25, 0.3) is 0 Å². The minimum atomic E-state index is -0.957. The number of carboxylic acids is 1. The van der Waals surface area contributed by atoms with E-state index in [0.29, 0.717) is 36.8 Å². The van der Waals surface area contributed by atoms with Crippen molar-refractivity contribution in [2.45, 2.75) is 64.8 Å². The zero-order valence-corrected chi connectivity index (χ0v) is 22.1. The van der Waals surface area contributed by atoms with Crippen molar-refractivity contribution in [3.05, 3.63) is 83.4 Å². The number of benzene rings is 2. The van der Waals surface area contributed by atoms with Crippen LogP contribution in [0.25, 0.3) is 11.5 Å². The quantitative estimate of drug-likeness (QED) is 0.289. The molecule has 3 aromatic rings. The maximum atomic E-state index is 12.5. The molecule has 38 heavy (non-hydrogen) atoms. The predicted molar refractivity (Wildman–Crippen MR) is 146 cm³/mol. The van der Waals surface area contributed by atoms with E-state index in [1.807, 2.05) is 61.5 Å². The molecule has 2 aromatic carbocycles. The Hall–Kier alpha value is -3.87. The lowest BCUT2D eigenvalue weighted by atomic mass is 9.86. The van der Waals surface area contributed by atoms with Crippen molar-refractivity contribution < 1.29 is 23.8 Å². The van der Waals surface area contributed by atoms with Gasteiger partial charge in [-0.2, -0.15) is 0 Å². The zero-order valence-electron chi connectivity index (χ0n) is 22.1. The van der Waals surface area contributed by atoms with Gasteiger partial charge in [-0.15, -0.1) is 0 Å². The van der Waals surface area contributed by atoms with Crippen molar-refractivity contribution in [2.75, 3.05) is 6.61 Å². The van der Waals surface area contributed by atoms with Crippen molar-refractivity contribution in [2.24, 2.45) is 5.92 Å². The third kappa shape index (κ3) is 7.57. The van der Waals surface area contributed by atoms with E-state index in [0.717, 1.165) is 48.3 Å². The van der Waals surface area contributed by atoms with Gasteiger partial charge in [-0.3, -0.25) is 4.79 Å². The molecular weight excluding hydrogens is 480 g/mol. The predicted octanol–water partition coefficient (Wildman–Crippen LogP) is 5.91. The number of ether oxygens (including phenoxy) is 1. The Labute approximate surface area is 223 Å². The lowest BCUT2D eigenvalue weighted by molar-refractivity contribution is -0.139. The highest BCUT2D eigenvalue weighted by atomic mass is 16.5. The number of carboxylic acid groups (broad SMARTS) is 1. The number of nitrogens with one attached hydrogen (secondary N) is 1. The lowest BCUT2D eigenvalue weighted by Gasteiger charge is -2.20. The summed E-state index contributed by atoms with van der Waals surface area (Å²) in [5.41, 5.74) is 3.25. The van der Waals surface area contributed by atoms with Gasteiger partial charge in [-0.1, -0.05) is 49.6 Å². The summed E-state index contributed by atoms with van der Waals surface area (Å²) >= 11 is 0. The van der Waals surface area contributed by atoms with Crippen molar-refractivity contribution >= 4 is 11.8 Å². The number of rotatable bonds is 12. The van der Waals surface area contributed by atoms with E-state index in [2.05, 4.69) is 10.3 Å². The third-order valence-electron chi connectivity index (χ3n) is 6.95. The van der Waals surface area contributed by atoms with Crippen molar-refractivity contribution in [1.29, 1.82) is 0 Å². The van der Waals surface area contributed by atoms with Crippen LogP contribution in [0.4, 0.5) is 0 Å². The van der Waals surface area contributed by atoms with Crippen molar-refractivity contribution in [3.8, 4) is 17.2 Å². The van der Waals surface area contributed by atoms with E-state index in [4.69, 9.17) is 9.15 Å². The topological polar surface area (TPSA) is 102 Å². The van der Waals surface area contributed by atoms with E-state index < -0.39 is 12.0 Å². The largest absolute Gasteiger partial charge is 0.493 e. The van der Waals surface area contributed by atoms with Crippen LogP contribution in [0, 0.1) is 12.8 Å². The average molecular weight is 517 g/mol. The molecule has 1 saturated carbocycles. The normalized spacial score (nSPS) is 15.2. The summed E-state index contributed by atoms with van der Waals surface area (Å²) in [5.74, 6) is 1.29. The van der Waals surface area contributed by atoms with Crippen LogP contribution in [0.5, 0.6) is 5.75 Å². The Morgan fingerprint density at radius 2 is 1.82 bits per heavy atom. The Morgan fingerprint density at radius 3 is 2.50 bits per heavy atom. The third-order valence-corrected chi connectivity index (χ3v) is 6.95. The molecule has 1 aliphatic carbocycles. The molecule has 0 bridgehead atoms. The second-order valence-corrected chi connectivity index (χ2v) is 9.93. The molecule has 1 heterocycles. The number of allylic oxidation sites excluding steroid dienone is 2. The number of oxazole rings is 1. The van der Waals surface area contributed by atoms with Crippen LogP contribution in [-0.2, 0) is 22.4 Å². The molecule has 7 heteroatoms. The molecule has 0 saturated heterocycles. The van der Waals surface area contributed by atoms with Crippen LogP contribution in [-0.4, -0.2) is 34.5 Å². The average Bonchev–Trinajstić information content (AvgIpc) is 3.30. The fourth-order valence-corrected chi connectivity index (χ4v) is 4.82. The van der Waals surface area contributed by atoms with Gasteiger partial charge in [0, 0.05) is 36.1 Å². The first-order chi connectivity index (χ1) is 18.4. The minimum absolute atomic E-state index is 0.0652. The number of carbonyl (C=O) groups excluding carboxylic acids is 1. The molecule has 1 fully saturated rings. The van der Waals surface area contributed by atoms with Crippen molar-refractivity contribution in [1.82, 2.24) is 10.3 Å². The molecule has 0 amide bonds. The molecule has 2 N–H and O–H groups in total. The zero-order chi connectivity index (χ0) is 26.9. The Bertz CT molecular complexity index is 1240. The highest BCUT2D eigenvalue weighted by Crippen LogP contribution is 2.25.